The molecule has 3 fully saturated rings. The Balaban J connectivity index is 1.61. The fourth-order valence-corrected chi connectivity index (χ4v) is 8.16. The highest BCUT2D eigenvalue weighted by Crippen LogP contribution is 2.67. The van der Waals surface area contributed by atoms with Crippen LogP contribution < -0.4 is 0 Å². The predicted molar refractivity (Wildman–Crippen MR) is 126 cm³/mol. The molecule has 10 atom stereocenters. The standard InChI is InChI=1S/C28H46O3/c1-17(2)18(3)7-8-19(4)22-9-10-23-21-15-25(30)28(31)16-20(29)11-14-27(28,6)24(21)12-13-26(22,23)5/h7-8,15,17-20,22-25,29-31H,9-14,16H2,1-6H3/t18-,19+,20-,22+,23-,24-,25-,26+,27+,28-/m0/s1. The molecule has 4 aliphatic carbocycles. The van der Waals surface area contributed by atoms with Crippen LogP contribution in [-0.2, 0) is 0 Å². The van der Waals surface area contributed by atoms with Gasteiger partial charge in [-0.25, -0.2) is 0 Å². The van der Waals surface area contributed by atoms with Gasteiger partial charge in [-0.05, 0) is 79.4 Å². The summed E-state index contributed by atoms with van der Waals surface area (Å²) in [6, 6.07) is 0. The molecule has 3 nitrogen and oxygen atoms in total. The smallest absolute Gasteiger partial charge is 0.102 e. The molecule has 4 aliphatic rings. The molecule has 0 bridgehead atoms. The molecule has 31 heavy (non-hydrogen) atoms. The Morgan fingerprint density at radius 3 is 2.32 bits per heavy atom. The maximum Gasteiger partial charge on any atom is 0.102 e. The summed E-state index contributed by atoms with van der Waals surface area (Å²) < 4.78 is 0. The summed E-state index contributed by atoms with van der Waals surface area (Å²) in [7, 11) is 0. The molecule has 3 saturated carbocycles. The van der Waals surface area contributed by atoms with Crippen LogP contribution >= 0.6 is 0 Å². The molecule has 0 aliphatic heterocycles. The third-order valence-electron chi connectivity index (χ3n) is 10.7. The fraction of sp³-hybridized carbons (Fsp3) is 0.857. The van der Waals surface area contributed by atoms with Crippen molar-refractivity contribution in [1.29, 1.82) is 0 Å². The number of rotatable bonds is 4. The Kier molecular flexibility index (Phi) is 6.06. The summed E-state index contributed by atoms with van der Waals surface area (Å²) in [6.45, 7) is 14.0. The van der Waals surface area contributed by atoms with E-state index in [1.165, 1.54) is 24.8 Å². The van der Waals surface area contributed by atoms with Crippen molar-refractivity contribution in [2.75, 3.05) is 0 Å². The predicted octanol–water partition coefficient (Wildman–Crippen LogP) is 5.50. The molecular formula is C28H46O3. The van der Waals surface area contributed by atoms with Crippen molar-refractivity contribution in [1.82, 2.24) is 0 Å². The van der Waals surface area contributed by atoms with E-state index in [1.54, 1.807) is 0 Å². The third kappa shape index (κ3) is 3.49. The lowest BCUT2D eigenvalue weighted by atomic mass is 9.45. The van der Waals surface area contributed by atoms with Crippen LogP contribution in [0.25, 0.3) is 0 Å². The number of hydrogen-bond donors (Lipinski definition) is 3. The van der Waals surface area contributed by atoms with Crippen LogP contribution in [0.1, 0.15) is 86.5 Å². The molecule has 0 saturated heterocycles. The van der Waals surface area contributed by atoms with Crippen LogP contribution in [0.3, 0.4) is 0 Å². The van der Waals surface area contributed by atoms with E-state index in [0.29, 0.717) is 41.9 Å². The van der Waals surface area contributed by atoms with E-state index in [9.17, 15) is 15.3 Å². The van der Waals surface area contributed by atoms with Crippen LogP contribution in [0.5, 0.6) is 0 Å². The zero-order chi connectivity index (χ0) is 22.8. The van der Waals surface area contributed by atoms with Crippen molar-refractivity contribution in [2.45, 2.75) is 104 Å². The quantitative estimate of drug-likeness (QED) is 0.516. The molecule has 0 spiro atoms. The lowest BCUT2D eigenvalue weighted by molar-refractivity contribution is -0.210. The molecule has 176 valence electrons. The molecule has 4 rings (SSSR count). The minimum atomic E-state index is -1.20. The Bertz CT molecular complexity index is 741. The van der Waals surface area contributed by atoms with Gasteiger partial charge in [0.25, 0.3) is 0 Å². The summed E-state index contributed by atoms with van der Waals surface area (Å²) in [6.07, 6.45) is 12.1. The maximum atomic E-state index is 11.6. The molecule has 3 N–H and O–H groups in total. The van der Waals surface area contributed by atoms with E-state index in [4.69, 9.17) is 0 Å². The SMILES string of the molecule is CC(C)[C@@H](C)C=C[C@@H](C)[C@H]1CC[C@H]2C3=C[C@H](O)[C@@]4(O)C[C@@H](O)CC[C@]4(C)[C@H]3CC[C@]12C. The Morgan fingerprint density at radius 1 is 0.935 bits per heavy atom. The number of aliphatic hydroxyl groups is 3. The summed E-state index contributed by atoms with van der Waals surface area (Å²) >= 11 is 0. The fourth-order valence-electron chi connectivity index (χ4n) is 8.16. The zero-order valence-corrected chi connectivity index (χ0v) is 20.6. The molecule has 0 unspecified atom stereocenters. The van der Waals surface area contributed by atoms with Crippen molar-refractivity contribution < 1.29 is 15.3 Å². The third-order valence-corrected chi connectivity index (χ3v) is 10.7. The van der Waals surface area contributed by atoms with E-state index in [2.05, 4.69) is 53.7 Å². The molecule has 0 aromatic rings. The van der Waals surface area contributed by atoms with Crippen LogP contribution in [-0.4, -0.2) is 33.1 Å². The second kappa shape index (κ2) is 7.99. The van der Waals surface area contributed by atoms with Crippen LogP contribution in [0.2, 0.25) is 0 Å². The van der Waals surface area contributed by atoms with Gasteiger partial charge in [0.15, 0.2) is 0 Å². The molecule has 0 aromatic heterocycles. The summed E-state index contributed by atoms with van der Waals surface area (Å²) in [5.41, 5.74) is 0.160. The van der Waals surface area contributed by atoms with Gasteiger partial charge in [-0.2, -0.15) is 0 Å². The monoisotopic (exact) mass is 430 g/mol. The van der Waals surface area contributed by atoms with E-state index < -0.39 is 17.8 Å². The lowest BCUT2D eigenvalue weighted by Crippen LogP contribution is -2.65. The minimum absolute atomic E-state index is 0.271. The van der Waals surface area contributed by atoms with E-state index >= 15 is 0 Å². The van der Waals surface area contributed by atoms with Crippen molar-refractivity contribution >= 4 is 0 Å². The van der Waals surface area contributed by atoms with Gasteiger partial charge in [-0.15, -0.1) is 0 Å². The molecule has 3 heteroatoms. The van der Waals surface area contributed by atoms with Gasteiger partial charge in [-0.1, -0.05) is 65.3 Å². The molecule has 0 radical (unpaired) electrons. The number of fused-ring (bicyclic) bond motifs is 5. The largest absolute Gasteiger partial charge is 0.393 e. The van der Waals surface area contributed by atoms with Crippen LogP contribution in [0.4, 0.5) is 0 Å². The zero-order valence-electron chi connectivity index (χ0n) is 20.6. The second-order valence-corrected chi connectivity index (χ2v) is 12.5. The first kappa shape index (κ1) is 23.5. The van der Waals surface area contributed by atoms with E-state index in [1.807, 2.05) is 6.08 Å². The van der Waals surface area contributed by atoms with E-state index in [0.717, 1.165) is 19.3 Å². The number of allylic oxidation sites excluding steroid dienone is 3. The first-order valence-electron chi connectivity index (χ1n) is 12.9. The highest BCUT2D eigenvalue weighted by atomic mass is 16.3. The first-order chi connectivity index (χ1) is 14.4. The highest BCUT2D eigenvalue weighted by Gasteiger charge is 2.64. The molecule has 0 aromatic carbocycles. The van der Waals surface area contributed by atoms with Gasteiger partial charge in [0, 0.05) is 11.8 Å². The Labute approximate surface area is 190 Å². The average Bonchev–Trinajstić information content (AvgIpc) is 3.05. The van der Waals surface area contributed by atoms with Gasteiger partial charge in [0.1, 0.15) is 11.7 Å². The average molecular weight is 431 g/mol. The van der Waals surface area contributed by atoms with Gasteiger partial charge >= 0.3 is 0 Å². The molecule has 0 heterocycles. The Morgan fingerprint density at radius 2 is 1.65 bits per heavy atom. The van der Waals surface area contributed by atoms with Gasteiger partial charge < -0.3 is 15.3 Å². The van der Waals surface area contributed by atoms with Crippen molar-refractivity contribution in [3.05, 3.63) is 23.8 Å². The van der Waals surface area contributed by atoms with Crippen molar-refractivity contribution in [3.8, 4) is 0 Å². The summed E-state index contributed by atoms with van der Waals surface area (Å²) in [5, 5.41) is 32.9. The number of aliphatic hydroxyl groups excluding tert-OH is 2. The topological polar surface area (TPSA) is 60.7 Å². The summed E-state index contributed by atoms with van der Waals surface area (Å²) in [4.78, 5) is 0. The maximum absolute atomic E-state index is 11.6. The van der Waals surface area contributed by atoms with E-state index in [-0.39, 0.29) is 10.8 Å². The highest BCUT2D eigenvalue weighted by molar-refractivity contribution is 5.33. The second-order valence-electron chi connectivity index (χ2n) is 12.5. The van der Waals surface area contributed by atoms with Gasteiger partial charge in [0.2, 0.25) is 0 Å². The molecular weight excluding hydrogens is 384 g/mol. The summed E-state index contributed by atoms with van der Waals surface area (Å²) in [5.74, 6) is 3.37. The minimum Gasteiger partial charge on any atom is -0.393 e. The number of hydrogen-bond acceptors (Lipinski definition) is 3. The Hall–Kier alpha value is -0.640. The van der Waals surface area contributed by atoms with Crippen molar-refractivity contribution in [2.24, 2.45) is 46.3 Å². The van der Waals surface area contributed by atoms with Gasteiger partial charge in [-0.3, -0.25) is 0 Å². The van der Waals surface area contributed by atoms with Crippen LogP contribution in [0, 0.1) is 46.3 Å². The molecule has 0 amide bonds. The van der Waals surface area contributed by atoms with Crippen LogP contribution in [0.15, 0.2) is 23.8 Å². The first-order valence-corrected chi connectivity index (χ1v) is 12.9. The van der Waals surface area contributed by atoms with Gasteiger partial charge in [0.05, 0.1) is 6.10 Å². The lowest BCUT2D eigenvalue weighted by Gasteiger charge is -2.62. The van der Waals surface area contributed by atoms with Crippen molar-refractivity contribution in [3.63, 3.8) is 0 Å². The normalized spacial score (nSPS) is 49.4.